The van der Waals surface area contributed by atoms with E-state index in [2.05, 4.69) is 21.3 Å². The summed E-state index contributed by atoms with van der Waals surface area (Å²) < 4.78 is 5.34. The van der Waals surface area contributed by atoms with Gasteiger partial charge in [0.05, 0.1) is 13.2 Å². The SMILES string of the molecule is Clc1cccc(-c2ccc(NCCN3CCOCC3)nc2)c1. The number of hydrogen-bond acceptors (Lipinski definition) is 4. The third kappa shape index (κ3) is 4.19. The predicted molar refractivity (Wildman–Crippen MR) is 90.4 cm³/mol. The second kappa shape index (κ2) is 7.58. The summed E-state index contributed by atoms with van der Waals surface area (Å²) in [6, 6.07) is 11.9. The van der Waals surface area contributed by atoms with Gasteiger partial charge in [-0.05, 0) is 29.8 Å². The molecular weight excluding hydrogens is 298 g/mol. The van der Waals surface area contributed by atoms with E-state index in [-0.39, 0.29) is 0 Å². The van der Waals surface area contributed by atoms with Gasteiger partial charge in [-0.3, -0.25) is 4.90 Å². The molecule has 4 nitrogen and oxygen atoms in total. The molecule has 5 heteroatoms. The van der Waals surface area contributed by atoms with Crippen LogP contribution in [0.2, 0.25) is 5.02 Å². The fourth-order valence-corrected chi connectivity index (χ4v) is 2.69. The molecule has 0 saturated carbocycles. The molecule has 0 spiro atoms. The molecule has 1 aromatic carbocycles. The molecule has 0 amide bonds. The Bertz CT molecular complexity index is 597. The monoisotopic (exact) mass is 317 g/mol. The molecule has 1 aromatic heterocycles. The van der Waals surface area contributed by atoms with Gasteiger partial charge in [-0.25, -0.2) is 4.98 Å². The Balaban J connectivity index is 1.53. The van der Waals surface area contributed by atoms with Crippen LogP contribution in [0, 0.1) is 0 Å². The number of halogens is 1. The van der Waals surface area contributed by atoms with Crippen LogP contribution in [0.4, 0.5) is 5.82 Å². The molecule has 3 rings (SSSR count). The van der Waals surface area contributed by atoms with E-state index >= 15 is 0 Å². The molecular formula is C17H20ClN3O. The van der Waals surface area contributed by atoms with Crippen LogP contribution in [0.1, 0.15) is 0 Å². The van der Waals surface area contributed by atoms with Crippen LogP contribution in [0.3, 0.4) is 0 Å². The molecule has 0 aliphatic carbocycles. The number of aromatic nitrogens is 1. The summed E-state index contributed by atoms with van der Waals surface area (Å²) in [5.74, 6) is 0.902. The van der Waals surface area contributed by atoms with Gasteiger partial charge in [-0.2, -0.15) is 0 Å². The highest BCUT2D eigenvalue weighted by Gasteiger charge is 2.09. The summed E-state index contributed by atoms with van der Waals surface area (Å²) in [6.07, 6.45) is 1.88. The minimum absolute atomic E-state index is 0.741. The molecule has 0 radical (unpaired) electrons. The lowest BCUT2D eigenvalue weighted by Crippen LogP contribution is -2.39. The fourth-order valence-electron chi connectivity index (χ4n) is 2.50. The highest BCUT2D eigenvalue weighted by Crippen LogP contribution is 2.22. The van der Waals surface area contributed by atoms with Crippen molar-refractivity contribution in [2.24, 2.45) is 0 Å². The Morgan fingerprint density at radius 3 is 2.73 bits per heavy atom. The quantitative estimate of drug-likeness (QED) is 0.919. The molecule has 0 bridgehead atoms. The Morgan fingerprint density at radius 1 is 1.14 bits per heavy atom. The highest BCUT2D eigenvalue weighted by molar-refractivity contribution is 6.30. The summed E-state index contributed by atoms with van der Waals surface area (Å²) in [7, 11) is 0. The first kappa shape index (κ1) is 15.3. The van der Waals surface area contributed by atoms with Crippen LogP contribution >= 0.6 is 11.6 Å². The van der Waals surface area contributed by atoms with Crippen molar-refractivity contribution in [2.45, 2.75) is 0 Å². The topological polar surface area (TPSA) is 37.4 Å². The molecule has 1 saturated heterocycles. The van der Waals surface area contributed by atoms with Gasteiger partial charge in [0.15, 0.2) is 0 Å². The Kier molecular flexibility index (Phi) is 5.27. The van der Waals surface area contributed by atoms with Crippen LogP contribution in [-0.2, 0) is 4.74 Å². The highest BCUT2D eigenvalue weighted by atomic mass is 35.5. The van der Waals surface area contributed by atoms with E-state index < -0.39 is 0 Å². The number of morpholine rings is 1. The van der Waals surface area contributed by atoms with Gasteiger partial charge in [0.25, 0.3) is 0 Å². The standard InChI is InChI=1S/C17H20ClN3O/c18-16-3-1-2-14(12-16)15-4-5-17(20-13-15)19-6-7-21-8-10-22-11-9-21/h1-5,12-13H,6-11H2,(H,19,20). The molecule has 1 aliphatic rings. The molecule has 0 unspecified atom stereocenters. The van der Waals surface area contributed by atoms with E-state index in [0.717, 1.165) is 61.4 Å². The molecule has 2 aromatic rings. The van der Waals surface area contributed by atoms with Crippen LogP contribution in [0.5, 0.6) is 0 Å². The van der Waals surface area contributed by atoms with Crippen LogP contribution in [-0.4, -0.2) is 49.3 Å². The van der Waals surface area contributed by atoms with E-state index in [1.54, 1.807) is 0 Å². The third-order valence-corrected chi connectivity index (χ3v) is 3.99. The van der Waals surface area contributed by atoms with E-state index in [1.807, 2.05) is 36.5 Å². The maximum Gasteiger partial charge on any atom is 0.125 e. The summed E-state index contributed by atoms with van der Waals surface area (Å²) in [6.45, 7) is 5.62. The van der Waals surface area contributed by atoms with Gasteiger partial charge in [0.2, 0.25) is 0 Å². The predicted octanol–water partition coefficient (Wildman–Crippen LogP) is 3.15. The number of benzene rings is 1. The van der Waals surface area contributed by atoms with Gasteiger partial charge in [0.1, 0.15) is 5.82 Å². The van der Waals surface area contributed by atoms with Crippen molar-refractivity contribution in [3.63, 3.8) is 0 Å². The second-order valence-electron chi connectivity index (χ2n) is 5.32. The van der Waals surface area contributed by atoms with Crippen LogP contribution in [0.25, 0.3) is 11.1 Å². The number of anilines is 1. The van der Waals surface area contributed by atoms with Crippen molar-refractivity contribution in [1.29, 1.82) is 0 Å². The lowest BCUT2D eigenvalue weighted by atomic mass is 10.1. The number of nitrogens with one attached hydrogen (secondary N) is 1. The zero-order chi connectivity index (χ0) is 15.2. The van der Waals surface area contributed by atoms with Crippen molar-refractivity contribution >= 4 is 17.4 Å². The van der Waals surface area contributed by atoms with E-state index in [0.29, 0.717) is 0 Å². The van der Waals surface area contributed by atoms with E-state index in [9.17, 15) is 0 Å². The summed E-state index contributed by atoms with van der Waals surface area (Å²) in [4.78, 5) is 6.87. The molecule has 1 N–H and O–H groups in total. The first-order valence-electron chi connectivity index (χ1n) is 7.57. The molecule has 1 fully saturated rings. The van der Waals surface area contributed by atoms with E-state index in [1.165, 1.54) is 0 Å². The van der Waals surface area contributed by atoms with Crippen molar-refractivity contribution < 1.29 is 4.74 Å². The summed E-state index contributed by atoms with van der Waals surface area (Å²) in [5, 5.41) is 4.10. The average Bonchev–Trinajstić information content (AvgIpc) is 2.56. The lowest BCUT2D eigenvalue weighted by molar-refractivity contribution is 0.0398. The fraction of sp³-hybridized carbons (Fsp3) is 0.353. The summed E-state index contributed by atoms with van der Waals surface area (Å²) >= 11 is 6.02. The minimum Gasteiger partial charge on any atom is -0.379 e. The molecule has 1 aliphatic heterocycles. The number of hydrogen-bond donors (Lipinski definition) is 1. The smallest absolute Gasteiger partial charge is 0.125 e. The Hall–Kier alpha value is -1.62. The number of ether oxygens (including phenoxy) is 1. The molecule has 0 atom stereocenters. The summed E-state index contributed by atoms with van der Waals surface area (Å²) in [5.41, 5.74) is 2.15. The number of nitrogens with zero attached hydrogens (tertiary/aromatic N) is 2. The average molecular weight is 318 g/mol. The second-order valence-corrected chi connectivity index (χ2v) is 5.76. The minimum atomic E-state index is 0.741. The number of pyridine rings is 1. The van der Waals surface area contributed by atoms with Gasteiger partial charge in [-0.1, -0.05) is 23.7 Å². The lowest BCUT2D eigenvalue weighted by Gasteiger charge is -2.26. The van der Waals surface area contributed by atoms with E-state index in [4.69, 9.17) is 16.3 Å². The zero-order valence-corrected chi connectivity index (χ0v) is 13.2. The number of rotatable bonds is 5. The molecule has 2 heterocycles. The van der Waals surface area contributed by atoms with Gasteiger partial charge in [0, 0.05) is 43.0 Å². The first-order valence-corrected chi connectivity index (χ1v) is 7.95. The van der Waals surface area contributed by atoms with Crippen LogP contribution in [0.15, 0.2) is 42.6 Å². The van der Waals surface area contributed by atoms with Crippen molar-refractivity contribution in [3.05, 3.63) is 47.6 Å². The normalized spacial score (nSPS) is 15.7. The first-order chi connectivity index (χ1) is 10.8. The van der Waals surface area contributed by atoms with Crippen molar-refractivity contribution in [1.82, 2.24) is 9.88 Å². The maximum absolute atomic E-state index is 6.02. The van der Waals surface area contributed by atoms with Gasteiger partial charge >= 0.3 is 0 Å². The van der Waals surface area contributed by atoms with Gasteiger partial charge < -0.3 is 10.1 Å². The van der Waals surface area contributed by atoms with Crippen LogP contribution < -0.4 is 5.32 Å². The third-order valence-electron chi connectivity index (χ3n) is 3.76. The largest absolute Gasteiger partial charge is 0.379 e. The van der Waals surface area contributed by atoms with Crippen molar-refractivity contribution in [3.8, 4) is 11.1 Å². The molecule has 22 heavy (non-hydrogen) atoms. The van der Waals surface area contributed by atoms with Gasteiger partial charge in [-0.15, -0.1) is 0 Å². The Morgan fingerprint density at radius 2 is 2.00 bits per heavy atom. The Labute approximate surface area is 136 Å². The zero-order valence-electron chi connectivity index (χ0n) is 12.5. The molecule has 116 valence electrons. The van der Waals surface area contributed by atoms with Crippen molar-refractivity contribution in [2.75, 3.05) is 44.7 Å². The maximum atomic E-state index is 6.02.